The molecule has 3 rings (SSSR count). The van der Waals surface area contributed by atoms with Gasteiger partial charge in [-0.05, 0) is 34.9 Å². The molecule has 0 saturated carbocycles. The van der Waals surface area contributed by atoms with Crippen LogP contribution in [0.1, 0.15) is 56.2 Å². The van der Waals surface area contributed by atoms with Crippen LogP contribution in [0.5, 0.6) is 0 Å². The highest BCUT2D eigenvalue weighted by atomic mass is 32.2. The zero-order chi connectivity index (χ0) is 22.4. The van der Waals surface area contributed by atoms with Crippen LogP contribution < -0.4 is 11.0 Å². The standard InChI is InChI=1S/C24H30N4O2S/c1-16(2)19-11-8-12-20(17(3)4)22(19)25-21(29)15-31-24-27-26-23(30)28(24)14-13-18-9-6-5-7-10-18/h5-12,16-17H,13-15H2,1-4H3,(H,25,29)(H,26,30). The number of amides is 1. The second kappa shape index (κ2) is 10.5. The van der Waals surface area contributed by atoms with Crippen molar-refractivity contribution in [3.8, 4) is 0 Å². The fourth-order valence-electron chi connectivity index (χ4n) is 3.50. The van der Waals surface area contributed by atoms with Crippen LogP contribution >= 0.6 is 11.8 Å². The predicted octanol–water partition coefficient (Wildman–Crippen LogP) is 4.79. The Morgan fingerprint density at radius 1 is 1.03 bits per heavy atom. The van der Waals surface area contributed by atoms with Crippen molar-refractivity contribution in [2.24, 2.45) is 0 Å². The Morgan fingerprint density at radius 2 is 1.68 bits per heavy atom. The fourth-order valence-corrected chi connectivity index (χ4v) is 4.27. The molecule has 0 atom stereocenters. The van der Waals surface area contributed by atoms with Gasteiger partial charge in [-0.3, -0.25) is 9.36 Å². The summed E-state index contributed by atoms with van der Waals surface area (Å²) in [7, 11) is 0. The number of aryl methyl sites for hydroxylation is 1. The quantitative estimate of drug-likeness (QED) is 0.471. The summed E-state index contributed by atoms with van der Waals surface area (Å²) in [4.78, 5) is 24.9. The average molecular weight is 439 g/mol. The molecule has 0 bridgehead atoms. The Morgan fingerprint density at radius 3 is 2.29 bits per heavy atom. The first-order valence-corrected chi connectivity index (χ1v) is 11.6. The van der Waals surface area contributed by atoms with Crippen molar-refractivity contribution in [3.05, 3.63) is 75.7 Å². The van der Waals surface area contributed by atoms with Gasteiger partial charge >= 0.3 is 5.69 Å². The SMILES string of the molecule is CC(C)c1cccc(C(C)C)c1NC(=O)CSc1n[nH]c(=O)n1CCc1ccccc1. The van der Waals surface area contributed by atoms with Crippen molar-refractivity contribution >= 4 is 23.4 Å². The van der Waals surface area contributed by atoms with Gasteiger partial charge < -0.3 is 5.32 Å². The normalized spacial score (nSPS) is 11.3. The second-order valence-corrected chi connectivity index (χ2v) is 9.10. The van der Waals surface area contributed by atoms with E-state index in [-0.39, 0.29) is 17.3 Å². The van der Waals surface area contributed by atoms with Crippen LogP contribution in [0, 0.1) is 0 Å². The lowest BCUT2D eigenvalue weighted by atomic mass is 9.92. The minimum atomic E-state index is -0.258. The summed E-state index contributed by atoms with van der Waals surface area (Å²) in [6, 6.07) is 16.2. The highest BCUT2D eigenvalue weighted by Crippen LogP contribution is 2.32. The lowest BCUT2D eigenvalue weighted by molar-refractivity contribution is -0.113. The number of carbonyl (C=O) groups is 1. The Balaban J connectivity index is 1.68. The van der Waals surface area contributed by atoms with E-state index in [1.54, 1.807) is 4.57 Å². The van der Waals surface area contributed by atoms with Gasteiger partial charge in [-0.1, -0.05) is 88.0 Å². The molecule has 0 saturated heterocycles. The van der Waals surface area contributed by atoms with Crippen LogP contribution in [0.4, 0.5) is 5.69 Å². The van der Waals surface area contributed by atoms with Gasteiger partial charge in [0.15, 0.2) is 5.16 Å². The van der Waals surface area contributed by atoms with Gasteiger partial charge in [0.05, 0.1) is 5.75 Å². The van der Waals surface area contributed by atoms with Crippen molar-refractivity contribution in [1.82, 2.24) is 14.8 Å². The summed E-state index contributed by atoms with van der Waals surface area (Å²) in [5.41, 5.74) is 4.05. The van der Waals surface area contributed by atoms with Crippen molar-refractivity contribution in [2.45, 2.75) is 57.7 Å². The highest BCUT2D eigenvalue weighted by molar-refractivity contribution is 7.99. The number of aromatic amines is 1. The first-order valence-electron chi connectivity index (χ1n) is 10.6. The third kappa shape index (κ3) is 5.88. The van der Waals surface area contributed by atoms with E-state index in [0.29, 0.717) is 23.5 Å². The maximum atomic E-state index is 12.8. The number of anilines is 1. The van der Waals surface area contributed by atoms with E-state index >= 15 is 0 Å². The zero-order valence-corrected chi connectivity index (χ0v) is 19.3. The van der Waals surface area contributed by atoms with Crippen molar-refractivity contribution in [1.29, 1.82) is 0 Å². The Bertz CT molecular complexity index is 1040. The molecule has 2 aromatic carbocycles. The number of thioether (sulfide) groups is 1. The van der Waals surface area contributed by atoms with Gasteiger partial charge in [-0.2, -0.15) is 0 Å². The number of nitrogens with one attached hydrogen (secondary N) is 2. The van der Waals surface area contributed by atoms with Crippen LogP contribution in [-0.2, 0) is 17.8 Å². The summed E-state index contributed by atoms with van der Waals surface area (Å²) in [6.07, 6.45) is 0.722. The number of carbonyl (C=O) groups excluding carboxylic acids is 1. The molecule has 0 aliphatic carbocycles. The Hall–Kier alpha value is -2.80. The molecule has 164 valence electrons. The van der Waals surface area contributed by atoms with E-state index < -0.39 is 0 Å². The Kier molecular flexibility index (Phi) is 7.74. The monoisotopic (exact) mass is 438 g/mol. The molecule has 0 aliphatic rings. The van der Waals surface area contributed by atoms with Crippen LogP contribution in [-0.4, -0.2) is 26.4 Å². The number of para-hydroxylation sites is 1. The van der Waals surface area contributed by atoms with Gasteiger partial charge in [0.1, 0.15) is 0 Å². The lowest BCUT2D eigenvalue weighted by Gasteiger charge is -2.20. The third-order valence-electron chi connectivity index (χ3n) is 5.16. The van der Waals surface area contributed by atoms with Gasteiger partial charge in [0.25, 0.3) is 0 Å². The van der Waals surface area contributed by atoms with Crippen LogP contribution in [0.25, 0.3) is 0 Å². The summed E-state index contributed by atoms with van der Waals surface area (Å²) in [6.45, 7) is 9.01. The average Bonchev–Trinajstić information content (AvgIpc) is 3.10. The number of rotatable bonds is 9. The molecule has 0 fully saturated rings. The molecule has 3 aromatic rings. The van der Waals surface area contributed by atoms with Crippen LogP contribution in [0.3, 0.4) is 0 Å². The molecule has 1 heterocycles. The minimum absolute atomic E-state index is 0.106. The summed E-state index contributed by atoms with van der Waals surface area (Å²) in [5, 5.41) is 10.2. The smallest absolute Gasteiger partial charge is 0.325 e. The molecule has 31 heavy (non-hydrogen) atoms. The molecule has 1 amide bonds. The number of H-pyrrole nitrogens is 1. The number of hydrogen-bond donors (Lipinski definition) is 2. The van der Waals surface area contributed by atoms with Gasteiger partial charge in [-0.15, -0.1) is 5.10 Å². The Labute approximate surface area is 187 Å². The van der Waals surface area contributed by atoms with Crippen molar-refractivity contribution < 1.29 is 4.79 Å². The van der Waals surface area contributed by atoms with E-state index in [4.69, 9.17) is 0 Å². The molecule has 0 radical (unpaired) electrons. The summed E-state index contributed by atoms with van der Waals surface area (Å²) >= 11 is 1.27. The molecule has 0 unspecified atom stereocenters. The number of aromatic nitrogens is 3. The predicted molar refractivity (Wildman–Crippen MR) is 127 cm³/mol. The van der Waals surface area contributed by atoms with Crippen LogP contribution in [0.2, 0.25) is 0 Å². The van der Waals surface area contributed by atoms with Gasteiger partial charge in [-0.25, -0.2) is 9.89 Å². The first-order chi connectivity index (χ1) is 14.9. The minimum Gasteiger partial charge on any atom is -0.325 e. The van der Waals surface area contributed by atoms with Crippen LogP contribution in [0.15, 0.2) is 58.5 Å². The summed E-state index contributed by atoms with van der Waals surface area (Å²) < 4.78 is 1.59. The molecule has 7 heteroatoms. The number of benzene rings is 2. The second-order valence-electron chi connectivity index (χ2n) is 8.16. The molecular weight excluding hydrogens is 408 g/mol. The van der Waals surface area contributed by atoms with E-state index in [2.05, 4.69) is 55.3 Å². The van der Waals surface area contributed by atoms with Gasteiger partial charge in [0, 0.05) is 12.2 Å². The third-order valence-corrected chi connectivity index (χ3v) is 6.14. The first kappa shape index (κ1) is 22.9. The zero-order valence-electron chi connectivity index (χ0n) is 18.5. The maximum absolute atomic E-state index is 12.8. The lowest BCUT2D eigenvalue weighted by Crippen LogP contribution is -2.20. The van der Waals surface area contributed by atoms with Crippen molar-refractivity contribution in [3.63, 3.8) is 0 Å². The molecule has 0 aliphatic heterocycles. The summed E-state index contributed by atoms with van der Waals surface area (Å²) in [5.74, 6) is 0.678. The molecular formula is C24H30N4O2S. The van der Waals surface area contributed by atoms with E-state index in [1.807, 2.05) is 36.4 Å². The number of hydrogen-bond acceptors (Lipinski definition) is 4. The van der Waals surface area contributed by atoms with E-state index in [9.17, 15) is 9.59 Å². The molecule has 0 spiro atoms. The molecule has 1 aromatic heterocycles. The van der Waals surface area contributed by atoms with Gasteiger partial charge in [0.2, 0.25) is 5.91 Å². The molecule has 6 nitrogen and oxygen atoms in total. The number of nitrogens with zero attached hydrogens (tertiary/aromatic N) is 2. The topological polar surface area (TPSA) is 79.8 Å². The van der Waals surface area contributed by atoms with E-state index in [1.165, 1.54) is 11.8 Å². The van der Waals surface area contributed by atoms with Crippen molar-refractivity contribution in [2.75, 3.05) is 11.1 Å². The highest BCUT2D eigenvalue weighted by Gasteiger charge is 2.17. The molecule has 2 N–H and O–H groups in total. The largest absolute Gasteiger partial charge is 0.343 e. The van der Waals surface area contributed by atoms with E-state index in [0.717, 1.165) is 28.8 Å². The maximum Gasteiger partial charge on any atom is 0.343 e. The fraction of sp³-hybridized carbons (Fsp3) is 0.375.